The van der Waals surface area contributed by atoms with Crippen molar-refractivity contribution in [3.8, 4) is 0 Å². The molecule has 0 atom stereocenters. The Kier molecular flexibility index (Phi) is 6.53. The van der Waals surface area contributed by atoms with Crippen LogP contribution in [-0.4, -0.2) is 36.3 Å². The average Bonchev–Trinajstić information content (AvgIpc) is 2.69. The highest BCUT2D eigenvalue weighted by molar-refractivity contribution is 5.93. The summed E-state index contributed by atoms with van der Waals surface area (Å²) in [4.78, 5) is 26.4. The topological polar surface area (TPSA) is 61.4 Å². The lowest BCUT2D eigenvalue weighted by atomic mass is 9.96. The molecule has 1 heterocycles. The third kappa shape index (κ3) is 6.05. The van der Waals surface area contributed by atoms with Gasteiger partial charge < -0.3 is 10.6 Å². The summed E-state index contributed by atoms with van der Waals surface area (Å²) in [5.41, 5.74) is 0.0582. The second-order valence-corrected chi connectivity index (χ2v) is 7.03. The number of anilines is 2. The fourth-order valence-electron chi connectivity index (χ4n) is 3.30. The summed E-state index contributed by atoms with van der Waals surface area (Å²) < 4.78 is 38.3. The van der Waals surface area contributed by atoms with Crippen LogP contribution in [0.5, 0.6) is 0 Å². The number of carbonyl (C=O) groups is 2. The lowest BCUT2D eigenvalue weighted by molar-refractivity contribution is -0.137. The van der Waals surface area contributed by atoms with Crippen molar-refractivity contribution in [2.75, 3.05) is 30.3 Å². The number of halogens is 3. The van der Waals surface area contributed by atoms with Gasteiger partial charge in [0.2, 0.25) is 11.8 Å². The van der Waals surface area contributed by atoms with E-state index < -0.39 is 11.7 Å². The van der Waals surface area contributed by atoms with Gasteiger partial charge in [0.25, 0.3) is 0 Å². The van der Waals surface area contributed by atoms with Crippen LogP contribution >= 0.6 is 0 Å². The number of alkyl halides is 3. The highest BCUT2D eigenvalue weighted by Gasteiger charge is 2.30. The summed E-state index contributed by atoms with van der Waals surface area (Å²) in [7, 11) is 0. The number of nitrogens with one attached hydrogen (secondary N) is 2. The van der Waals surface area contributed by atoms with Crippen LogP contribution in [0.1, 0.15) is 18.4 Å². The molecule has 154 valence electrons. The summed E-state index contributed by atoms with van der Waals surface area (Å²) in [5, 5.41) is 5.40. The quantitative estimate of drug-likeness (QED) is 0.791. The molecule has 0 aromatic heterocycles. The molecule has 8 heteroatoms. The molecule has 2 N–H and O–H groups in total. The van der Waals surface area contributed by atoms with Gasteiger partial charge in [-0.1, -0.05) is 24.3 Å². The molecule has 1 aliphatic heterocycles. The number of rotatable bonds is 5. The van der Waals surface area contributed by atoms with Gasteiger partial charge in [-0.25, -0.2) is 0 Å². The molecule has 0 bridgehead atoms. The molecule has 0 unspecified atom stereocenters. The van der Waals surface area contributed by atoms with Crippen molar-refractivity contribution >= 4 is 23.2 Å². The van der Waals surface area contributed by atoms with E-state index >= 15 is 0 Å². The standard InChI is InChI=1S/C21H22F3N3O2/c22-21(23,24)16-5-4-8-18(13-16)25-19(28)14-27-11-9-15(10-12-27)20(29)26-17-6-2-1-3-7-17/h1-8,13,15H,9-12,14H2,(H,25,28)(H,26,29). The van der Waals surface area contributed by atoms with E-state index in [9.17, 15) is 22.8 Å². The predicted molar refractivity (Wildman–Crippen MR) is 104 cm³/mol. The third-order valence-corrected chi connectivity index (χ3v) is 4.84. The number of likely N-dealkylation sites (tertiary alicyclic amines) is 1. The Hall–Kier alpha value is -2.87. The Morgan fingerprint density at radius 2 is 1.59 bits per heavy atom. The molecular formula is C21H22F3N3O2. The smallest absolute Gasteiger partial charge is 0.326 e. The molecule has 0 saturated carbocycles. The lowest BCUT2D eigenvalue weighted by Gasteiger charge is -2.30. The van der Waals surface area contributed by atoms with E-state index in [4.69, 9.17) is 0 Å². The van der Waals surface area contributed by atoms with Crippen LogP contribution in [0.2, 0.25) is 0 Å². The van der Waals surface area contributed by atoms with E-state index in [0.717, 1.165) is 17.8 Å². The van der Waals surface area contributed by atoms with E-state index in [0.29, 0.717) is 25.9 Å². The molecule has 0 spiro atoms. The van der Waals surface area contributed by atoms with E-state index in [1.54, 1.807) is 0 Å². The molecule has 3 rings (SSSR count). The highest BCUT2D eigenvalue weighted by atomic mass is 19.4. The molecule has 1 aliphatic rings. The molecule has 1 saturated heterocycles. The summed E-state index contributed by atoms with van der Waals surface area (Å²) in [6, 6.07) is 13.8. The van der Waals surface area contributed by atoms with E-state index in [1.807, 2.05) is 35.2 Å². The van der Waals surface area contributed by atoms with Crippen LogP contribution in [0, 0.1) is 5.92 Å². The maximum atomic E-state index is 12.8. The monoisotopic (exact) mass is 405 g/mol. The third-order valence-electron chi connectivity index (χ3n) is 4.84. The zero-order chi connectivity index (χ0) is 20.9. The predicted octanol–water partition coefficient (Wildman–Crippen LogP) is 3.99. The van der Waals surface area contributed by atoms with Crippen LogP contribution in [0.15, 0.2) is 54.6 Å². The first-order valence-electron chi connectivity index (χ1n) is 9.36. The largest absolute Gasteiger partial charge is 0.416 e. The van der Waals surface area contributed by atoms with Crippen LogP contribution < -0.4 is 10.6 Å². The van der Waals surface area contributed by atoms with Crippen LogP contribution in [0.3, 0.4) is 0 Å². The fourth-order valence-corrected chi connectivity index (χ4v) is 3.30. The van der Waals surface area contributed by atoms with Crippen molar-refractivity contribution < 1.29 is 22.8 Å². The van der Waals surface area contributed by atoms with Crippen molar-refractivity contribution in [1.29, 1.82) is 0 Å². The molecular weight excluding hydrogens is 383 g/mol. The minimum atomic E-state index is -4.46. The van der Waals surface area contributed by atoms with Crippen molar-refractivity contribution in [3.05, 3.63) is 60.2 Å². The first-order valence-corrected chi connectivity index (χ1v) is 9.36. The van der Waals surface area contributed by atoms with Gasteiger partial charge in [0.1, 0.15) is 0 Å². The fraction of sp³-hybridized carbons (Fsp3) is 0.333. The van der Waals surface area contributed by atoms with Crippen LogP contribution in [0.4, 0.5) is 24.5 Å². The van der Waals surface area contributed by atoms with Gasteiger partial charge >= 0.3 is 6.18 Å². The number of nitrogens with zero attached hydrogens (tertiary/aromatic N) is 1. The number of para-hydroxylation sites is 1. The van der Waals surface area contributed by atoms with Gasteiger partial charge in [-0.05, 0) is 56.3 Å². The molecule has 5 nitrogen and oxygen atoms in total. The summed E-state index contributed by atoms with van der Waals surface area (Å²) in [5.74, 6) is -0.543. The van der Waals surface area contributed by atoms with Gasteiger partial charge in [-0.15, -0.1) is 0 Å². The van der Waals surface area contributed by atoms with Crippen molar-refractivity contribution in [1.82, 2.24) is 4.90 Å². The second kappa shape index (κ2) is 9.09. The van der Waals surface area contributed by atoms with Crippen molar-refractivity contribution in [3.63, 3.8) is 0 Å². The normalized spacial score (nSPS) is 15.7. The van der Waals surface area contributed by atoms with Crippen molar-refractivity contribution in [2.45, 2.75) is 19.0 Å². The number of hydrogen-bond donors (Lipinski definition) is 2. The Bertz CT molecular complexity index is 848. The minimum absolute atomic E-state index is 0.0377. The Labute approximate surface area is 166 Å². The minimum Gasteiger partial charge on any atom is -0.326 e. The molecule has 1 fully saturated rings. The molecule has 2 aromatic carbocycles. The van der Waals surface area contributed by atoms with Crippen LogP contribution in [0.25, 0.3) is 0 Å². The molecule has 29 heavy (non-hydrogen) atoms. The Balaban J connectivity index is 1.46. The summed E-state index contributed by atoms with van der Waals surface area (Å²) >= 11 is 0. The number of hydrogen-bond acceptors (Lipinski definition) is 3. The summed E-state index contributed by atoms with van der Waals surface area (Å²) in [6.07, 6.45) is -3.21. The van der Waals surface area contributed by atoms with Crippen LogP contribution in [-0.2, 0) is 15.8 Å². The summed E-state index contributed by atoms with van der Waals surface area (Å²) in [6.45, 7) is 1.22. The number of piperidine rings is 1. The zero-order valence-electron chi connectivity index (χ0n) is 15.7. The van der Waals surface area contributed by atoms with Crippen molar-refractivity contribution in [2.24, 2.45) is 5.92 Å². The van der Waals surface area contributed by atoms with Gasteiger partial charge in [-0.2, -0.15) is 13.2 Å². The van der Waals surface area contributed by atoms with Gasteiger partial charge in [0.05, 0.1) is 12.1 Å². The van der Waals surface area contributed by atoms with Gasteiger partial charge in [-0.3, -0.25) is 14.5 Å². The molecule has 2 amide bonds. The molecule has 0 aliphatic carbocycles. The average molecular weight is 405 g/mol. The highest BCUT2D eigenvalue weighted by Crippen LogP contribution is 2.30. The van der Waals surface area contributed by atoms with Gasteiger partial charge in [0, 0.05) is 17.3 Å². The second-order valence-electron chi connectivity index (χ2n) is 7.03. The number of carbonyl (C=O) groups excluding carboxylic acids is 2. The van der Waals surface area contributed by atoms with E-state index in [-0.39, 0.29) is 30.0 Å². The Morgan fingerprint density at radius 1 is 0.931 bits per heavy atom. The SMILES string of the molecule is O=C(CN1CCC(C(=O)Nc2ccccc2)CC1)Nc1cccc(C(F)(F)F)c1. The Morgan fingerprint density at radius 3 is 2.24 bits per heavy atom. The number of amides is 2. The maximum absolute atomic E-state index is 12.8. The molecule has 2 aromatic rings. The zero-order valence-corrected chi connectivity index (χ0v) is 15.7. The first-order chi connectivity index (χ1) is 13.8. The van der Waals surface area contributed by atoms with Gasteiger partial charge in [0.15, 0.2) is 0 Å². The van der Waals surface area contributed by atoms with E-state index in [1.165, 1.54) is 12.1 Å². The first kappa shape index (κ1) is 20.9. The van der Waals surface area contributed by atoms with E-state index in [2.05, 4.69) is 10.6 Å². The maximum Gasteiger partial charge on any atom is 0.416 e. The lowest BCUT2D eigenvalue weighted by Crippen LogP contribution is -2.41. The number of benzene rings is 2. The molecule has 0 radical (unpaired) electrons.